The Hall–Kier alpha value is -1.62. The van der Waals surface area contributed by atoms with E-state index < -0.39 is 5.60 Å². The van der Waals surface area contributed by atoms with Crippen LogP contribution in [0.5, 0.6) is 0 Å². The summed E-state index contributed by atoms with van der Waals surface area (Å²) in [7, 11) is 0. The molecule has 2 aromatic heterocycles. The second kappa shape index (κ2) is 5.64. The third kappa shape index (κ3) is 3.02. The van der Waals surface area contributed by atoms with Crippen molar-refractivity contribution < 1.29 is 5.11 Å². The van der Waals surface area contributed by atoms with Crippen molar-refractivity contribution in [2.24, 2.45) is 5.92 Å². The lowest BCUT2D eigenvalue weighted by molar-refractivity contribution is 0.00216. The maximum absolute atomic E-state index is 10.7. The van der Waals surface area contributed by atoms with Gasteiger partial charge < -0.3 is 10.4 Å². The normalized spacial score (nSPS) is 26.1. The molecule has 0 amide bonds. The molecule has 21 heavy (non-hydrogen) atoms. The van der Waals surface area contributed by atoms with Crippen molar-refractivity contribution in [3.63, 3.8) is 0 Å². The van der Waals surface area contributed by atoms with Gasteiger partial charge in [0.15, 0.2) is 5.65 Å². The first-order chi connectivity index (χ1) is 10.1. The molecule has 0 bridgehead atoms. The molecule has 1 aliphatic carbocycles. The predicted octanol–water partition coefficient (Wildman–Crippen LogP) is 2.78. The highest BCUT2D eigenvalue weighted by atomic mass is 16.3. The number of aromatic nitrogens is 3. The molecule has 5 nitrogen and oxygen atoms in total. The summed E-state index contributed by atoms with van der Waals surface area (Å²) < 4.78 is 1.77. The molecule has 114 valence electrons. The van der Waals surface area contributed by atoms with Gasteiger partial charge in [0.2, 0.25) is 5.95 Å². The summed E-state index contributed by atoms with van der Waals surface area (Å²) in [5.74, 6) is 1.37. The number of nitrogens with zero attached hydrogens (tertiary/aromatic N) is 3. The molecule has 0 atom stereocenters. The zero-order chi connectivity index (χ0) is 14.9. The average molecular weight is 288 g/mol. The first-order valence-corrected chi connectivity index (χ1v) is 7.88. The molecule has 3 rings (SSSR count). The van der Waals surface area contributed by atoms with Gasteiger partial charge in [0.25, 0.3) is 0 Å². The highest BCUT2D eigenvalue weighted by Gasteiger charge is 2.32. The van der Waals surface area contributed by atoms with E-state index in [0.717, 1.165) is 42.8 Å². The van der Waals surface area contributed by atoms with Crippen molar-refractivity contribution >= 4 is 11.6 Å². The summed E-state index contributed by atoms with van der Waals surface area (Å²) in [6, 6.07) is 3.98. The van der Waals surface area contributed by atoms with Gasteiger partial charge in [-0.25, -0.2) is 4.52 Å². The van der Waals surface area contributed by atoms with Crippen LogP contribution in [0.25, 0.3) is 5.65 Å². The van der Waals surface area contributed by atoms with Gasteiger partial charge in [-0.3, -0.25) is 0 Å². The lowest BCUT2D eigenvalue weighted by atomic mass is 9.78. The van der Waals surface area contributed by atoms with Crippen LogP contribution in [0.2, 0.25) is 0 Å². The summed E-state index contributed by atoms with van der Waals surface area (Å²) >= 11 is 0. The van der Waals surface area contributed by atoms with Crippen LogP contribution in [-0.4, -0.2) is 31.9 Å². The third-order valence-corrected chi connectivity index (χ3v) is 4.75. The minimum Gasteiger partial charge on any atom is -0.388 e. The summed E-state index contributed by atoms with van der Waals surface area (Å²) in [6.45, 7) is 4.78. The smallest absolute Gasteiger partial charge is 0.243 e. The molecule has 0 radical (unpaired) electrons. The second-order valence-corrected chi connectivity index (χ2v) is 6.32. The fourth-order valence-corrected chi connectivity index (χ4v) is 3.16. The molecule has 0 saturated heterocycles. The second-order valence-electron chi connectivity index (χ2n) is 6.32. The van der Waals surface area contributed by atoms with Gasteiger partial charge >= 0.3 is 0 Å². The standard InChI is InChI=1S/C16H24N4O/c1-3-13-6-8-16(21,9-7-13)11-17-15-18-14-12(2)5-4-10-20(14)19-15/h4-5,10,13,21H,3,6-9,11H2,1-2H3,(H,17,19). The van der Waals surface area contributed by atoms with E-state index >= 15 is 0 Å². The molecule has 0 aromatic carbocycles. The van der Waals surface area contributed by atoms with E-state index in [-0.39, 0.29) is 0 Å². The maximum atomic E-state index is 10.7. The summed E-state index contributed by atoms with van der Waals surface area (Å²) in [6.07, 6.45) is 7.08. The first-order valence-electron chi connectivity index (χ1n) is 7.88. The molecule has 0 unspecified atom stereocenters. The number of fused-ring (bicyclic) bond motifs is 1. The maximum Gasteiger partial charge on any atom is 0.243 e. The molecule has 0 spiro atoms. The van der Waals surface area contributed by atoms with E-state index in [1.807, 2.05) is 25.3 Å². The lowest BCUT2D eigenvalue weighted by Crippen LogP contribution is -2.40. The minimum atomic E-state index is -0.613. The number of rotatable bonds is 4. The van der Waals surface area contributed by atoms with Gasteiger partial charge in [0, 0.05) is 12.7 Å². The number of aryl methyl sites for hydroxylation is 1. The van der Waals surface area contributed by atoms with E-state index in [1.165, 1.54) is 6.42 Å². The van der Waals surface area contributed by atoms with Crippen molar-refractivity contribution in [3.05, 3.63) is 23.9 Å². The molecule has 1 fully saturated rings. The van der Waals surface area contributed by atoms with Gasteiger partial charge in [0.05, 0.1) is 5.60 Å². The Labute approximate surface area is 125 Å². The third-order valence-electron chi connectivity index (χ3n) is 4.75. The highest BCUT2D eigenvalue weighted by Crippen LogP contribution is 2.33. The molecule has 1 aliphatic rings. The van der Waals surface area contributed by atoms with E-state index in [1.54, 1.807) is 4.52 Å². The molecule has 2 heterocycles. The first kappa shape index (κ1) is 14.3. The van der Waals surface area contributed by atoms with Crippen molar-refractivity contribution in [1.29, 1.82) is 0 Å². The topological polar surface area (TPSA) is 62.5 Å². The van der Waals surface area contributed by atoms with Gasteiger partial charge in [-0.1, -0.05) is 19.4 Å². The predicted molar refractivity (Wildman–Crippen MR) is 83.4 cm³/mol. The van der Waals surface area contributed by atoms with E-state index in [0.29, 0.717) is 12.5 Å². The minimum absolute atomic E-state index is 0.527. The van der Waals surface area contributed by atoms with Crippen LogP contribution in [0.4, 0.5) is 5.95 Å². The SMILES string of the molecule is CCC1CCC(O)(CNc2nc3c(C)cccn3n2)CC1. The van der Waals surface area contributed by atoms with Crippen molar-refractivity contribution in [1.82, 2.24) is 14.6 Å². The van der Waals surface area contributed by atoms with E-state index in [4.69, 9.17) is 0 Å². The average Bonchev–Trinajstić information content (AvgIpc) is 2.91. The molecule has 2 N–H and O–H groups in total. The number of hydrogen-bond acceptors (Lipinski definition) is 4. The summed E-state index contributed by atoms with van der Waals surface area (Å²) in [4.78, 5) is 4.49. The molecule has 5 heteroatoms. The number of pyridine rings is 1. The Bertz CT molecular complexity index is 614. The Morgan fingerprint density at radius 1 is 1.43 bits per heavy atom. The molecular weight excluding hydrogens is 264 g/mol. The van der Waals surface area contributed by atoms with Crippen LogP contribution in [0, 0.1) is 12.8 Å². The number of nitrogens with one attached hydrogen (secondary N) is 1. The fraction of sp³-hybridized carbons (Fsp3) is 0.625. The fourth-order valence-electron chi connectivity index (χ4n) is 3.16. The van der Waals surface area contributed by atoms with Crippen LogP contribution in [-0.2, 0) is 0 Å². The molecule has 2 aromatic rings. The van der Waals surface area contributed by atoms with Crippen molar-refractivity contribution in [2.75, 3.05) is 11.9 Å². The largest absolute Gasteiger partial charge is 0.388 e. The van der Waals surface area contributed by atoms with Crippen LogP contribution < -0.4 is 5.32 Å². The van der Waals surface area contributed by atoms with Crippen LogP contribution >= 0.6 is 0 Å². The van der Waals surface area contributed by atoms with Gasteiger partial charge in [-0.05, 0) is 50.2 Å². The Morgan fingerprint density at radius 2 is 2.19 bits per heavy atom. The highest BCUT2D eigenvalue weighted by molar-refractivity contribution is 5.49. The van der Waals surface area contributed by atoms with Crippen LogP contribution in [0.15, 0.2) is 18.3 Å². The molecule has 0 aliphatic heterocycles. The molecule has 1 saturated carbocycles. The number of aliphatic hydroxyl groups is 1. The summed E-state index contributed by atoms with van der Waals surface area (Å²) in [5.41, 5.74) is 1.35. The van der Waals surface area contributed by atoms with Crippen molar-refractivity contribution in [3.8, 4) is 0 Å². The van der Waals surface area contributed by atoms with Gasteiger partial charge in [-0.15, -0.1) is 5.10 Å². The summed E-state index contributed by atoms with van der Waals surface area (Å²) in [5, 5.41) is 18.3. The van der Waals surface area contributed by atoms with Gasteiger partial charge in [-0.2, -0.15) is 4.98 Å². The Balaban J connectivity index is 1.65. The number of hydrogen-bond donors (Lipinski definition) is 2. The zero-order valence-corrected chi connectivity index (χ0v) is 12.8. The monoisotopic (exact) mass is 288 g/mol. The zero-order valence-electron chi connectivity index (χ0n) is 12.8. The van der Waals surface area contributed by atoms with Crippen LogP contribution in [0.1, 0.15) is 44.6 Å². The van der Waals surface area contributed by atoms with Crippen LogP contribution in [0.3, 0.4) is 0 Å². The number of anilines is 1. The lowest BCUT2D eigenvalue weighted by Gasteiger charge is -2.35. The molecular formula is C16H24N4O. The van der Waals surface area contributed by atoms with E-state index in [9.17, 15) is 5.11 Å². The Kier molecular flexibility index (Phi) is 3.85. The quantitative estimate of drug-likeness (QED) is 0.908. The van der Waals surface area contributed by atoms with Gasteiger partial charge in [0.1, 0.15) is 0 Å². The van der Waals surface area contributed by atoms with Crippen molar-refractivity contribution in [2.45, 2.75) is 51.6 Å². The Morgan fingerprint density at radius 3 is 2.86 bits per heavy atom. The van der Waals surface area contributed by atoms with E-state index in [2.05, 4.69) is 22.3 Å².